The van der Waals surface area contributed by atoms with Gasteiger partial charge in [0.15, 0.2) is 0 Å². The van der Waals surface area contributed by atoms with E-state index in [-0.39, 0.29) is 0 Å². The third kappa shape index (κ3) is 5.37. The fraction of sp³-hybridized carbons (Fsp3) is 0.818. The Balaban J connectivity index is 1.81. The second-order valence-corrected chi connectivity index (χ2v) is 4.47. The third-order valence-electron chi connectivity index (χ3n) is 2.47. The zero-order chi connectivity index (χ0) is 9.36. The predicted octanol–water partition coefficient (Wildman–Crippen LogP) is 3.87. The topological polar surface area (TPSA) is 12.0 Å². The van der Waals surface area contributed by atoms with Gasteiger partial charge in [-0.1, -0.05) is 63.5 Å². The number of nitrogens with one attached hydrogen (secondary N) is 1. The van der Waals surface area contributed by atoms with E-state index in [1.807, 2.05) is 0 Å². The van der Waals surface area contributed by atoms with Crippen LogP contribution in [0.3, 0.4) is 0 Å². The molecule has 0 saturated heterocycles. The van der Waals surface area contributed by atoms with Crippen LogP contribution in [-0.2, 0) is 0 Å². The standard InChI is InChI=1S/C11H21NS/c1-2-3-4-5-6-7-8-11-9-10-13-12-11/h9-12H,2-8H2,1H3. The van der Waals surface area contributed by atoms with Gasteiger partial charge in [0, 0.05) is 6.04 Å². The van der Waals surface area contributed by atoms with Crippen LogP contribution in [0, 0.1) is 0 Å². The summed E-state index contributed by atoms with van der Waals surface area (Å²) >= 11 is 1.72. The second-order valence-electron chi connectivity index (χ2n) is 3.73. The molecule has 0 radical (unpaired) electrons. The Bertz CT molecular complexity index is 145. The molecule has 0 aromatic rings. The maximum absolute atomic E-state index is 3.36. The van der Waals surface area contributed by atoms with Gasteiger partial charge in [-0.2, -0.15) is 0 Å². The summed E-state index contributed by atoms with van der Waals surface area (Å²) in [5.41, 5.74) is 0. The summed E-state index contributed by atoms with van der Waals surface area (Å²) in [6.07, 6.45) is 12.0. The highest BCUT2D eigenvalue weighted by atomic mass is 32.2. The minimum Gasteiger partial charge on any atom is -0.253 e. The van der Waals surface area contributed by atoms with E-state index in [9.17, 15) is 0 Å². The SMILES string of the molecule is CCCCCCCCC1C=CSN1. The van der Waals surface area contributed by atoms with Crippen LogP contribution >= 0.6 is 11.9 Å². The van der Waals surface area contributed by atoms with Crippen molar-refractivity contribution in [2.24, 2.45) is 0 Å². The molecule has 0 fully saturated rings. The predicted molar refractivity (Wildman–Crippen MR) is 61.6 cm³/mol. The lowest BCUT2D eigenvalue weighted by Crippen LogP contribution is -2.15. The van der Waals surface area contributed by atoms with Crippen LogP contribution in [-0.4, -0.2) is 6.04 Å². The molecule has 1 unspecified atom stereocenters. The zero-order valence-electron chi connectivity index (χ0n) is 8.59. The molecule has 76 valence electrons. The average molecular weight is 199 g/mol. The van der Waals surface area contributed by atoms with Crippen LogP contribution < -0.4 is 4.72 Å². The molecular weight excluding hydrogens is 178 g/mol. The quantitative estimate of drug-likeness (QED) is 0.493. The zero-order valence-corrected chi connectivity index (χ0v) is 9.41. The molecule has 2 heteroatoms. The van der Waals surface area contributed by atoms with Crippen molar-refractivity contribution < 1.29 is 0 Å². The number of hydrogen-bond donors (Lipinski definition) is 1. The highest BCUT2D eigenvalue weighted by Gasteiger charge is 2.07. The first-order valence-electron chi connectivity index (χ1n) is 5.51. The first-order valence-corrected chi connectivity index (χ1v) is 6.39. The molecule has 1 rings (SSSR count). The lowest BCUT2D eigenvalue weighted by atomic mass is 10.1. The lowest BCUT2D eigenvalue weighted by Gasteiger charge is -2.07. The Morgan fingerprint density at radius 1 is 1.15 bits per heavy atom. The van der Waals surface area contributed by atoms with Crippen molar-refractivity contribution in [3.05, 3.63) is 11.5 Å². The van der Waals surface area contributed by atoms with Crippen LogP contribution in [0.25, 0.3) is 0 Å². The van der Waals surface area contributed by atoms with Gasteiger partial charge in [-0.15, -0.1) is 0 Å². The summed E-state index contributed by atoms with van der Waals surface area (Å²) in [7, 11) is 0. The van der Waals surface area contributed by atoms with E-state index >= 15 is 0 Å². The highest BCUT2D eigenvalue weighted by molar-refractivity contribution is 8.00. The minimum atomic E-state index is 0.649. The Morgan fingerprint density at radius 3 is 2.62 bits per heavy atom. The average Bonchev–Trinajstić information content (AvgIpc) is 2.63. The van der Waals surface area contributed by atoms with E-state index in [4.69, 9.17) is 0 Å². The number of rotatable bonds is 7. The van der Waals surface area contributed by atoms with Crippen LogP contribution in [0.4, 0.5) is 0 Å². The number of hydrogen-bond acceptors (Lipinski definition) is 2. The van der Waals surface area contributed by atoms with Gasteiger partial charge in [0.05, 0.1) is 0 Å². The molecule has 0 saturated carbocycles. The fourth-order valence-electron chi connectivity index (χ4n) is 1.60. The monoisotopic (exact) mass is 199 g/mol. The molecule has 0 spiro atoms. The van der Waals surface area contributed by atoms with E-state index in [1.165, 1.54) is 44.9 Å². The molecule has 1 aliphatic heterocycles. The Hall–Kier alpha value is 0.0500. The van der Waals surface area contributed by atoms with Crippen molar-refractivity contribution in [3.63, 3.8) is 0 Å². The molecule has 1 atom stereocenters. The summed E-state index contributed by atoms with van der Waals surface area (Å²) < 4.78 is 3.36. The lowest BCUT2D eigenvalue weighted by molar-refractivity contribution is 0.563. The van der Waals surface area contributed by atoms with Gasteiger partial charge in [0.1, 0.15) is 0 Å². The van der Waals surface area contributed by atoms with E-state index < -0.39 is 0 Å². The molecule has 1 N–H and O–H groups in total. The summed E-state index contributed by atoms with van der Waals surface area (Å²) in [4.78, 5) is 0. The first-order chi connectivity index (χ1) is 6.43. The van der Waals surface area contributed by atoms with Crippen LogP contribution in [0.5, 0.6) is 0 Å². The molecule has 0 aromatic carbocycles. The van der Waals surface area contributed by atoms with Gasteiger partial charge in [-0.05, 0) is 11.8 Å². The molecule has 1 heterocycles. The van der Waals surface area contributed by atoms with E-state index in [0.717, 1.165) is 0 Å². The summed E-state index contributed by atoms with van der Waals surface area (Å²) in [6, 6.07) is 0.649. The second kappa shape index (κ2) is 7.45. The van der Waals surface area contributed by atoms with Gasteiger partial charge in [-0.25, -0.2) is 0 Å². The van der Waals surface area contributed by atoms with Crippen molar-refractivity contribution in [1.29, 1.82) is 0 Å². The van der Waals surface area contributed by atoms with Gasteiger partial charge in [0.25, 0.3) is 0 Å². The molecule has 0 amide bonds. The molecule has 1 nitrogen and oxygen atoms in total. The minimum absolute atomic E-state index is 0.649. The number of unbranched alkanes of at least 4 members (excludes halogenated alkanes) is 5. The fourth-order valence-corrected chi connectivity index (χ4v) is 2.32. The van der Waals surface area contributed by atoms with Crippen molar-refractivity contribution in [2.75, 3.05) is 0 Å². The van der Waals surface area contributed by atoms with Crippen molar-refractivity contribution in [1.82, 2.24) is 4.72 Å². The third-order valence-corrected chi connectivity index (χ3v) is 3.20. The van der Waals surface area contributed by atoms with Gasteiger partial charge in [0.2, 0.25) is 0 Å². The van der Waals surface area contributed by atoms with Crippen LogP contribution in [0.2, 0.25) is 0 Å². The first kappa shape index (κ1) is 11.1. The Morgan fingerprint density at radius 2 is 1.92 bits per heavy atom. The van der Waals surface area contributed by atoms with Crippen molar-refractivity contribution >= 4 is 11.9 Å². The Labute approximate surface area is 86.5 Å². The molecular formula is C11H21NS. The summed E-state index contributed by atoms with van der Waals surface area (Å²) in [5.74, 6) is 0. The molecule has 0 aromatic heterocycles. The molecule has 13 heavy (non-hydrogen) atoms. The molecule has 1 aliphatic rings. The van der Waals surface area contributed by atoms with E-state index in [0.29, 0.717) is 6.04 Å². The van der Waals surface area contributed by atoms with Gasteiger partial charge in [-0.3, -0.25) is 4.72 Å². The van der Waals surface area contributed by atoms with Crippen molar-refractivity contribution in [2.45, 2.75) is 57.9 Å². The highest BCUT2D eigenvalue weighted by Crippen LogP contribution is 2.15. The smallest absolute Gasteiger partial charge is 0.0363 e. The summed E-state index contributed by atoms with van der Waals surface area (Å²) in [6.45, 7) is 2.27. The largest absolute Gasteiger partial charge is 0.253 e. The maximum Gasteiger partial charge on any atom is 0.0363 e. The molecule has 0 bridgehead atoms. The van der Waals surface area contributed by atoms with Crippen molar-refractivity contribution in [3.8, 4) is 0 Å². The maximum atomic E-state index is 3.36. The summed E-state index contributed by atoms with van der Waals surface area (Å²) in [5, 5.41) is 2.15. The van der Waals surface area contributed by atoms with Crippen LogP contribution in [0.15, 0.2) is 11.5 Å². The van der Waals surface area contributed by atoms with E-state index in [2.05, 4.69) is 23.1 Å². The van der Waals surface area contributed by atoms with Crippen LogP contribution in [0.1, 0.15) is 51.9 Å². The van der Waals surface area contributed by atoms with Gasteiger partial charge >= 0.3 is 0 Å². The Kier molecular flexibility index (Phi) is 6.38. The normalized spacial score (nSPS) is 21.2. The van der Waals surface area contributed by atoms with Gasteiger partial charge < -0.3 is 0 Å². The van der Waals surface area contributed by atoms with E-state index in [1.54, 1.807) is 11.9 Å². The molecule has 0 aliphatic carbocycles.